The molecule has 2 atom stereocenters. The third-order valence-electron chi connectivity index (χ3n) is 4.23. The van der Waals surface area contributed by atoms with Crippen LogP contribution in [0.1, 0.15) is 28.8 Å². The molecule has 0 saturated carbocycles. The fourth-order valence-electron chi connectivity index (χ4n) is 2.77. The summed E-state index contributed by atoms with van der Waals surface area (Å²) in [5, 5.41) is 10.9. The molecule has 134 valence electrons. The molecule has 5 heteroatoms. The highest BCUT2D eigenvalue weighted by Crippen LogP contribution is 2.30. The lowest BCUT2D eigenvalue weighted by Crippen LogP contribution is -2.32. The van der Waals surface area contributed by atoms with Crippen LogP contribution >= 0.6 is 0 Å². The first kappa shape index (κ1) is 18.3. The molecule has 0 aliphatic rings. The van der Waals surface area contributed by atoms with Crippen molar-refractivity contribution in [3.05, 3.63) is 102 Å². The molecule has 2 N–H and O–H groups in total. The van der Waals surface area contributed by atoms with Gasteiger partial charge in [-0.3, -0.25) is 0 Å². The van der Waals surface area contributed by atoms with Crippen LogP contribution in [-0.4, -0.2) is 13.5 Å². The van der Waals surface area contributed by atoms with Crippen LogP contribution in [0.5, 0.6) is 0 Å². The molecule has 0 aliphatic heterocycles. The number of hydrogen-bond donors (Lipinski definition) is 2. The van der Waals surface area contributed by atoms with Gasteiger partial charge < -0.3 is 5.11 Å². The normalized spacial score (nSPS) is 13.9. The summed E-state index contributed by atoms with van der Waals surface area (Å²) < 4.78 is 28.3. The van der Waals surface area contributed by atoms with E-state index in [1.165, 1.54) is 0 Å². The number of aliphatic hydroxyl groups is 1. The van der Waals surface area contributed by atoms with Gasteiger partial charge >= 0.3 is 0 Å². The van der Waals surface area contributed by atoms with Crippen LogP contribution in [0, 0.1) is 6.92 Å². The van der Waals surface area contributed by atoms with Crippen molar-refractivity contribution >= 4 is 10.0 Å². The molecular weight excluding hydrogens is 346 g/mol. The number of aryl methyl sites for hydroxylation is 1. The molecule has 1 unspecified atom stereocenters. The molecule has 3 rings (SSSR count). The summed E-state index contributed by atoms with van der Waals surface area (Å²) >= 11 is 0. The van der Waals surface area contributed by atoms with E-state index in [1.807, 2.05) is 43.3 Å². The Hall–Kier alpha value is -2.47. The summed E-state index contributed by atoms with van der Waals surface area (Å²) in [5.74, 6) is 0. The van der Waals surface area contributed by atoms with Crippen molar-refractivity contribution in [3.63, 3.8) is 0 Å². The quantitative estimate of drug-likeness (QED) is 0.697. The van der Waals surface area contributed by atoms with Crippen molar-refractivity contribution < 1.29 is 13.5 Å². The smallest absolute Gasteiger partial charge is 0.241 e. The summed E-state index contributed by atoms with van der Waals surface area (Å²) in [4.78, 5) is 0.171. The second-order valence-corrected chi connectivity index (χ2v) is 7.89. The SMILES string of the molecule is Cc1ccc(S(=O)(=O)N[C@@H](c2ccccc2)C(O)c2ccccc2)cc1. The Bertz CT molecular complexity index is 940. The van der Waals surface area contributed by atoms with Crippen molar-refractivity contribution in [1.82, 2.24) is 4.72 Å². The maximum absolute atomic E-state index is 12.8. The first-order valence-electron chi connectivity index (χ1n) is 8.34. The third kappa shape index (κ3) is 4.19. The highest BCUT2D eigenvalue weighted by atomic mass is 32.2. The van der Waals surface area contributed by atoms with Crippen molar-refractivity contribution in [1.29, 1.82) is 0 Å². The van der Waals surface area contributed by atoms with Gasteiger partial charge in [0.05, 0.1) is 17.0 Å². The van der Waals surface area contributed by atoms with Crippen molar-refractivity contribution in [2.45, 2.75) is 24.0 Å². The lowest BCUT2D eigenvalue weighted by Gasteiger charge is -2.25. The van der Waals surface area contributed by atoms with Crippen LogP contribution in [0.4, 0.5) is 0 Å². The fraction of sp³-hybridized carbons (Fsp3) is 0.143. The van der Waals surface area contributed by atoms with Crippen LogP contribution in [0.25, 0.3) is 0 Å². The topological polar surface area (TPSA) is 66.4 Å². The van der Waals surface area contributed by atoms with Gasteiger partial charge in [-0.1, -0.05) is 78.4 Å². The van der Waals surface area contributed by atoms with Crippen LogP contribution in [0.15, 0.2) is 89.8 Å². The zero-order valence-corrected chi connectivity index (χ0v) is 15.2. The molecule has 0 aliphatic carbocycles. The molecule has 0 fully saturated rings. The van der Waals surface area contributed by atoms with Gasteiger partial charge in [0, 0.05) is 0 Å². The molecule has 4 nitrogen and oxygen atoms in total. The van der Waals surface area contributed by atoms with Crippen molar-refractivity contribution in [3.8, 4) is 0 Å². The van der Waals surface area contributed by atoms with Gasteiger partial charge in [-0.05, 0) is 30.2 Å². The predicted octanol–water partition coefficient (Wildman–Crippen LogP) is 3.75. The molecule has 3 aromatic carbocycles. The Morgan fingerprint density at radius 3 is 1.81 bits per heavy atom. The monoisotopic (exact) mass is 367 g/mol. The minimum Gasteiger partial charge on any atom is -0.386 e. The molecule has 0 amide bonds. The zero-order valence-electron chi connectivity index (χ0n) is 14.4. The number of hydrogen-bond acceptors (Lipinski definition) is 3. The van der Waals surface area contributed by atoms with Crippen LogP contribution in [0.2, 0.25) is 0 Å². The first-order chi connectivity index (χ1) is 12.5. The average molecular weight is 367 g/mol. The van der Waals surface area contributed by atoms with Crippen LogP contribution in [-0.2, 0) is 10.0 Å². The summed E-state index contributed by atoms with van der Waals surface area (Å²) in [6, 6.07) is 24.0. The van der Waals surface area contributed by atoms with E-state index < -0.39 is 22.2 Å². The van der Waals surface area contributed by atoms with Gasteiger partial charge in [0.15, 0.2) is 0 Å². The van der Waals surface area contributed by atoms with Gasteiger partial charge in [0.2, 0.25) is 10.0 Å². The van der Waals surface area contributed by atoms with Gasteiger partial charge in [-0.2, -0.15) is 0 Å². The van der Waals surface area contributed by atoms with E-state index >= 15 is 0 Å². The zero-order chi connectivity index (χ0) is 18.6. The lowest BCUT2D eigenvalue weighted by atomic mass is 9.97. The largest absolute Gasteiger partial charge is 0.386 e. The minimum absolute atomic E-state index is 0.171. The summed E-state index contributed by atoms with van der Waals surface area (Å²) in [6.45, 7) is 1.90. The lowest BCUT2D eigenvalue weighted by molar-refractivity contribution is 0.139. The molecular formula is C21H21NO3S. The Balaban J connectivity index is 1.97. The molecule has 3 aromatic rings. The second-order valence-electron chi connectivity index (χ2n) is 6.18. The minimum atomic E-state index is -3.79. The second kappa shape index (κ2) is 7.83. The number of sulfonamides is 1. The summed E-state index contributed by atoms with van der Waals surface area (Å²) in [7, 11) is -3.79. The molecule has 0 saturated heterocycles. The van der Waals surface area contributed by atoms with Crippen molar-refractivity contribution in [2.24, 2.45) is 0 Å². The van der Waals surface area contributed by atoms with E-state index in [4.69, 9.17) is 0 Å². The summed E-state index contributed by atoms with van der Waals surface area (Å²) in [5.41, 5.74) is 2.32. The molecule has 0 spiro atoms. The fourth-order valence-corrected chi connectivity index (χ4v) is 4.00. The highest BCUT2D eigenvalue weighted by molar-refractivity contribution is 7.89. The molecule has 0 heterocycles. The maximum atomic E-state index is 12.8. The number of benzene rings is 3. The van der Waals surface area contributed by atoms with E-state index in [-0.39, 0.29) is 4.90 Å². The van der Waals surface area contributed by atoms with E-state index in [9.17, 15) is 13.5 Å². The first-order valence-corrected chi connectivity index (χ1v) is 9.83. The molecule has 0 radical (unpaired) electrons. The Labute approximate surface area is 154 Å². The van der Waals surface area contributed by atoms with Crippen LogP contribution < -0.4 is 4.72 Å². The van der Waals surface area contributed by atoms with Gasteiger partial charge in [-0.25, -0.2) is 13.1 Å². The maximum Gasteiger partial charge on any atom is 0.241 e. The Morgan fingerprint density at radius 2 is 1.27 bits per heavy atom. The highest BCUT2D eigenvalue weighted by Gasteiger charge is 2.28. The predicted molar refractivity (Wildman–Crippen MR) is 102 cm³/mol. The average Bonchev–Trinajstić information content (AvgIpc) is 2.67. The molecule has 0 aromatic heterocycles. The number of rotatable bonds is 6. The number of aliphatic hydroxyl groups excluding tert-OH is 1. The van der Waals surface area contributed by atoms with Gasteiger partial charge in [0.25, 0.3) is 0 Å². The van der Waals surface area contributed by atoms with Crippen molar-refractivity contribution in [2.75, 3.05) is 0 Å². The van der Waals surface area contributed by atoms with Crippen LogP contribution in [0.3, 0.4) is 0 Å². The van der Waals surface area contributed by atoms with E-state index in [1.54, 1.807) is 48.5 Å². The molecule has 26 heavy (non-hydrogen) atoms. The Kier molecular flexibility index (Phi) is 5.52. The van der Waals surface area contributed by atoms with E-state index in [0.717, 1.165) is 5.56 Å². The standard InChI is InChI=1S/C21H21NO3S/c1-16-12-14-19(15-13-16)26(24,25)22-20(17-8-4-2-5-9-17)21(23)18-10-6-3-7-11-18/h2-15,20-23H,1H3/t20-,21?/m0/s1. The van der Waals surface area contributed by atoms with E-state index in [0.29, 0.717) is 11.1 Å². The van der Waals surface area contributed by atoms with Gasteiger partial charge in [0.1, 0.15) is 0 Å². The van der Waals surface area contributed by atoms with Gasteiger partial charge in [-0.15, -0.1) is 0 Å². The molecule has 0 bridgehead atoms. The third-order valence-corrected chi connectivity index (χ3v) is 5.69. The van der Waals surface area contributed by atoms with E-state index in [2.05, 4.69) is 4.72 Å². The summed E-state index contributed by atoms with van der Waals surface area (Å²) in [6.07, 6.45) is -1.01. The Morgan fingerprint density at radius 1 is 0.769 bits per heavy atom. The number of nitrogens with one attached hydrogen (secondary N) is 1.